The molecule has 1 aliphatic carbocycles. The van der Waals surface area contributed by atoms with E-state index in [-0.39, 0.29) is 5.91 Å². The molecule has 6 nitrogen and oxygen atoms in total. The highest BCUT2D eigenvalue weighted by Gasteiger charge is 2.28. The van der Waals surface area contributed by atoms with Gasteiger partial charge in [0.2, 0.25) is 11.8 Å². The summed E-state index contributed by atoms with van der Waals surface area (Å²) < 4.78 is 5.22. The van der Waals surface area contributed by atoms with Crippen molar-refractivity contribution < 1.29 is 9.32 Å². The van der Waals surface area contributed by atoms with Gasteiger partial charge in [-0.25, -0.2) is 0 Å². The van der Waals surface area contributed by atoms with Gasteiger partial charge in [0.05, 0.1) is 0 Å². The van der Waals surface area contributed by atoms with Gasteiger partial charge < -0.3 is 14.7 Å². The lowest BCUT2D eigenvalue weighted by atomic mass is 10.1. The molecule has 1 amide bonds. The third-order valence-corrected chi connectivity index (χ3v) is 4.03. The number of aromatic nitrogens is 2. The Bertz CT molecular complexity index is 469. The standard InChI is InChI=1S/C14H22N4O2/c1-10-9-15-7-8-18(10)13(19)4-2-3-12-16-14(17-20-12)11-5-6-11/h10-11,15H,2-9H2,1H3. The van der Waals surface area contributed by atoms with E-state index in [9.17, 15) is 4.79 Å². The summed E-state index contributed by atoms with van der Waals surface area (Å²) in [6.07, 6.45) is 4.40. The van der Waals surface area contributed by atoms with Crippen LogP contribution in [0.5, 0.6) is 0 Å². The molecule has 1 aromatic heterocycles. The van der Waals surface area contributed by atoms with E-state index in [1.54, 1.807) is 0 Å². The van der Waals surface area contributed by atoms with E-state index < -0.39 is 0 Å². The molecule has 0 radical (unpaired) electrons. The van der Waals surface area contributed by atoms with Crippen LogP contribution in [0, 0.1) is 0 Å². The first kappa shape index (κ1) is 13.5. The highest BCUT2D eigenvalue weighted by Crippen LogP contribution is 2.38. The Morgan fingerprint density at radius 1 is 1.50 bits per heavy atom. The van der Waals surface area contributed by atoms with Crippen molar-refractivity contribution in [2.24, 2.45) is 0 Å². The fourth-order valence-electron chi connectivity index (χ4n) is 2.62. The minimum atomic E-state index is 0.237. The van der Waals surface area contributed by atoms with E-state index in [1.165, 1.54) is 12.8 Å². The number of carbonyl (C=O) groups is 1. The minimum Gasteiger partial charge on any atom is -0.339 e. The van der Waals surface area contributed by atoms with Crippen molar-refractivity contribution in [3.05, 3.63) is 11.7 Å². The maximum absolute atomic E-state index is 12.2. The van der Waals surface area contributed by atoms with Crippen LogP contribution in [-0.2, 0) is 11.2 Å². The van der Waals surface area contributed by atoms with Gasteiger partial charge in [-0.05, 0) is 26.2 Å². The molecular formula is C14H22N4O2. The van der Waals surface area contributed by atoms with E-state index in [0.29, 0.717) is 30.7 Å². The summed E-state index contributed by atoms with van der Waals surface area (Å²) >= 11 is 0. The predicted octanol–water partition coefficient (Wildman–Crippen LogP) is 1.09. The molecule has 1 N–H and O–H groups in total. The van der Waals surface area contributed by atoms with Crippen LogP contribution in [0.15, 0.2) is 4.52 Å². The second-order valence-electron chi connectivity index (χ2n) is 5.81. The monoisotopic (exact) mass is 278 g/mol. The van der Waals surface area contributed by atoms with Gasteiger partial charge in [0.15, 0.2) is 5.82 Å². The van der Waals surface area contributed by atoms with Gasteiger partial charge in [0.1, 0.15) is 0 Å². The third kappa shape index (κ3) is 3.17. The summed E-state index contributed by atoms with van der Waals surface area (Å²) in [5.74, 6) is 2.28. The van der Waals surface area contributed by atoms with E-state index in [1.807, 2.05) is 4.90 Å². The van der Waals surface area contributed by atoms with Crippen LogP contribution in [-0.4, -0.2) is 46.6 Å². The number of nitrogens with zero attached hydrogens (tertiary/aromatic N) is 3. The highest BCUT2D eigenvalue weighted by atomic mass is 16.5. The van der Waals surface area contributed by atoms with Gasteiger partial charge in [-0.3, -0.25) is 4.79 Å². The van der Waals surface area contributed by atoms with Crippen LogP contribution in [0.4, 0.5) is 0 Å². The summed E-state index contributed by atoms with van der Waals surface area (Å²) in [5.41, 5.74) is 0. The second kappa shape index (κ2) is 5.91. The fraction of sp³-hybridized carbons (Fsp3) is 0.786. The molecule has 1 saturated carbocycles. The molecule has 0 bridgehead atoms. The van der Waals surface area contributed by atoms with Gasteiger partial charge in [-0.15, -0.1) is 0 Å². The lowest BCUT2D eigenvalue weighted by Gasteiger charge is -2.34. The zero-order valence-electron chi connectivity index (χ0n) is 12.0. The van der Waals surface area contributed by atoms with E-state index in [2.05, 4.69) is 22.4 Å². The minimum absolute atomic E-state index is 0.237. The smallest absolute Gasteiger partial charge is 0.226 e. The van der Waals surface area contributed by atoms with Crippen molar-refractivity contribution in [3.63, 3.8) is 0 Å². The topological polar surface area (TPSA) is 71.3 Å². The molecule has 1 unspecified atom stereocenters. The van der Waals surface area contributed by atoms with Crippen LogP contribution >= 0.6 is 0 Å². The van der Waals surface area contributed by atoms with Crippen LogP contribution in [0.1, 0.15) is 50.2 Å². The number of rotatable bonds is 5. The molecule has 1 aliphatic heterocycles. The SMILES string of the molecule is CC1CNCCN1C(=O)CCCc1nc(C2CC2)no1. The van der Waals surface area contributed by atoms with Gasteiger partial charge in [-0.2, -0.15) is 4.98 Å². The Hall–Kier alpha value is -1.43. The molecule has 1 atom stereocenters. The maximum Gasteiger partial charge on any atom is 0.226 e. The number of hydrogen-bond acceptors (Lipinski definition) is 5. The number of aryl methyl sites for hydroxylation is 1. The first-order valence-corrected chi connectivity index (χ1v) is 7.56. The third-order valence-electron chi connectivity index (χ3n) is 4.03. The normalized spacial score (nSPS) is 23.1. The highest BCUT2D eigenvalue weighted by molar-refractivity contribution is 5.76. The van der Waals surface area contributed by atoms with Crippen molar-refractivity contribution >= 4 is 5.91 Å². The molecule has 1 saturated heterocycles. The van der Waals surface area contributed by atoms with Crippen LogP contribution in [0.25, 0.3) is 0 Å². The van der Waals surface area contributed by atoms with Gasteiger partial charge in [0.25, 0.3) is 0 Å². The molecule has 2 aliphatic rings. The largest absolute Gasteiger partial charge is 0.339 e. The Balaban J connectivity index is 1.43. The first-order valence-electron chi connectivity index (χ1n) is 7.56. The lowest BCUT2D eigenvalue weighted by molar-refractivity contribution is -0.134. The first-order chi connectivity index (χ1) is 9.74. The van der Waals surface area contributed by atoms with E-state index in [0.717, 1.165) is 31.9 Å². The van der Waals surface area contributed by atoms with Gasteiger partial charge in [-0.1, -0.05) is 5.16 Å². The summed E-state index contributed by atoms with van der Waals surface area (Å²) in [6, 6.07) is 0.293. The summed E-state index contributed by atoms with van der Waals surface area (Å²) in [6.45, 7) is 4.68. The Kier molecular flexibility index (Phi) is 4.00. The average Bonchev–Trinajstić information content (AvgIpc) is 3.19. The molecule has 110 valence electrons. The molecule has 0 aromatic carbocycles. The van der Waals surface area contributed by atoms with Crippen molar-refractivity contribution in [3.8, 4) is 0 Å². The summed E-state index contributed by atoms with van der Waals surface area (Å²) in [7, 11) is 0. The fourth-order valence-corrected chi connectivity index (χ4v) is 2.62. The number of hydrogen-bond donors (Lipinski definition) is 1. The molecular weight excluding hydrogens is 256 g/mol. The van der Waals surface area contributed by atoms with Crippen LogP contribution < -0.4 is 5.32 Å². The van der Waals surface area contributed by atoms with Crippen molar-refractivity contribution in [2.75, 3.05) is 19.6 Å². The quantitative estimate of drug-likeness (QED) is 0.873. The number of carbonyl (C=O) groups excluding carboxylic acids is 1. The zero-order chi connectivity index (χ0) is 13.9. The van der Waals surface area contributed by atoms with E-state index in [4.69, 9.17) is 4.52 Å². The molecule has 1 aromatic rings. The van der Waals surface area contributed by atoms with Crippen molar-refractivity contribution in [2.45, 2.75) is 51.0 Å². The molecule has 2 heterocycles. The van der Waals surface area contributed by atoms with Crippen LogP contribution in [0.2, 0.25) is 0 Å². The molecule has 0 spiro atoms. The van der Waals surface area contributed by atoms with Crippen LogP contribution in [0.3, 0.4) is 0 Å². The van der Waals surface area contributed by atoms with E-state index >= 15 is 0 Å². The number of nitrogens with one attached hydrogen (secondary N) is 1. The Labute approximate surface area is 118 Å². The molecule has 6 heteroatoms. The molecule has 20 heavy (non-hydrogen) atoms. The predicted molar refractivity (Wildman–Crippen MR) is 73.3 cm³/mol. The summed E-state index contributed by atoms with van der Waals surface area (Å²) in [4.78, 5) is 18.5. The average molecular weight is 278 g/mol. The molecule has 3 rings (SSSR count). The zero-order valence-corrected chi connectivity index (χ0v) is 12.0. The Morgan fingerprint density at radius 2 is 2.35 bits per heavy atom. The second-order valence-corrected chi connectivity index (χ2v) is 5.81. The van der Waals surface area contributed by atoms with Crippen molar-refractivity contribution in [1.29, 1.82) is 0 Å². The number of amides is 1. The number of piperazine rings is 1. The van der Waals surface area contributed by atoms with Crippen molar-refractivity contribution in [1.82, 2.24) is 20.4 Å². The Morgan fingerprint density at radius 3 is 3.10 bits per heavy atom. The van der Waals surface area contributed by atoms with Gasteiger partial charge in [0, 0.05) is 44.4 Å². The maximum atomic E-state index is 12.2. The lowest BCUT2D eigenvalue weighted by Crippen LogP contribution is -2.52. The van der Waals surface area contributed by atoms with Gasteiger partial charge >= 0.3 is 0 Å². The summed E-state index contributed by atoms with van der Waals surface area (Å²) in [5, 5.41) is 7.28. The molecule has 2 fully saturated rings.